The average Bonchev–Trinajstić information content (AvgIpc) is 2.83. The second-order valence-electron chi connectivity index (χ2n) is 6.25. The van der Waals surface area contributed by atoms with Crippen LogP contribution in [0, 0.1) is 6.92 Å². The van der Waals surface area contributed by atoms with E-state index in [0.717, 1.165) is 12.0 Å². The van der Waals surface area contributed by atoms with Crippen LogP contribution in [-0.4, -0.2) is 56.3 Å². The summed E-state index contributed by atoms with van der Waals surface area (Å²) in [4.78, 5) is 14.1. The molecule has 6 nitrogen and oxygen atoms in total. The normalized spacial score (nSPS) is 16.5. The Morgan fingerprint density at radius 2 is 1.92 bits per heavy atom. The lowest BCUT2D eigenvalue weighted by Crippen LogP contribution is -2.37. The lowest BCUT2D eigenvalue weighted by Gasteiger charge is -2.22. The molecule has 2 rings (SSSR count). The number of sulfonamides is 1. The van der Waals surface area contributed by atoms with Gasteiger partial charge in [0.25, 0.3) is 0 Å². The summed E-state index contributed by atoms with van der Waals surface area (Å²) < 4.78 is 32.9. The van der Waals surface area contributed by atoms with Crippen LogP contribution in [0.5, 0.6) is 5.75 Å². The number of nitrogens with zero attached hydrogens (tertiary/aromatic N) is 2. The number of benzene rings is 1. The number of aryl methyl sites for hydroxylation is 1. The monoisotopic (exact) mass is 368 g/mol. The van der Waals surface area contributed by atoms with Gasteiger partial charge in [-0.1, -0.05) is 6.92 Å². The first-order valence-electron chi connectivity index (χ1n) is 8.91. The van der Waals surface area contributed by atoms with E-state index < -0.39 is 10.0 Å². The van der Waals surface area contributed by atoms with Gasteiger partial charge in [-0.25, -0.2) is 8.42 Å². The molecule has 0 aromatic heterocycles. The molecule has 0 N–H and O–H groups in total. The van der Waals surface area contributed by atoms with Crippen LogP contribution in [0.15, 0.2) is 23.1 Å². The Balaban J connectivity index is 2.14. The summed E-state index contributed by atoms with van der Waals surface area (Å²) in [6.07, 6.45) is 1.98. The first-order chi connectivity index (χ1) is 11.9. The van der Waals surface area contributed by atoms with Gasteiger partial charge in [0, 0.05) is 32.6 Å². The smallest absolute Gasteiger partial charge is 0.243 e. The Bertz CT molecular complexity index is 703. The molecule has 0 spiro atoms. The largest absolute Gasteiger partial charge is 0.494 e. The number of hydrogen-bond donors (Lipinski definition) is 0. The third kappa shape index (κ3) is 4.73. The summed E-state index contributed by atoms with van der Waals surface area (Å²) in [7, 11) is -3.56. The highest BCUT2D eigenvalue weighted by Crippen LogP contribution is 2.24. The lowest BCUT2D eigenvalue weighted by atomic mass is 10.2. The molecule has 1 amide bonds. The number of amides is 1. The highest BCUT2D eigenvalue weighted by atomic mass is 32.2. The topological polar surface area (TPSA) is 66.9 Å². The predicted molar refractivity (Wildman–Crippen MR) is 97.2 cm³/mol. The first-order valence-corrected chi connectivity index (χ1v) is 10.4. The van der Waals surface area contributed by atoms with Gasteiger partial charge in [-0.3, -0.25) is 4.79 Å². The van der Waals surface area contributed by atoms with Crippen molar-refractivity contribution in [3.8, 4) is 5.75 Å². The molecule has 0 unspecified atom stereocenters. The quantitative estimate of drug-likeness (QED) is 0.773. The number of carbonyl (C=O) groups is 1. The molecule has 1 fully saturated rings. The van der Waals surface area contributed by atoms with E-state index in [0.29, 0.717) is 51.4 Å². The minimum Gasteiger partial charge on any atom is -0.494 e. The van der Waals surface area contributed by atoms with Crippen LogP contribution < -0.4 is 4.74 Å². The fourth-order valence-corrected chi connectivity index (χ4v) is 4.56. The Hall–Kier alpha value is -1.60. The molecule has 0 radical (unpaired) electrons. The van der Waals surface area contributed by atoms with Crippen molar-refractivity contribution in [1.29, 1.82) is 0 Å². The van der Waals surface area contributed by atoms with Gasteiger partial charge in [-0.15, -0.1) is 0 Å². The van der Waals surface area contributed by atoms with E-state index in [1.807, 2.05) is 20.8 Å². The molecule has 25 heavy (non-hydrogen) atoms. The molecular weight excluding hydrogens is 340 g/mol. The van der Waals surface area contributed by atoms with E-state index in [1.54, 1.807) is 23.1 Å². The van der Waals surface area contributed by atoms with Crippen LogP contribution in [0.3, 0.4) is 0 Å². The van der Waals surface area contributed by atoms with Gasteiger partial charge in [-0.2, -0.15) is 4.31 Å². The maximum absolute atomic E-state index is 12.9. The van der Waals surface area contributed by atoms with Crippen molar-refractivity contribution in [3.63, 3.8) is 0 Å². The summed E-state index contributed by atoms with van der Waals surface area (Å²) in [6, 6.07) is 4.96. The number of ether oxygens (including phenoxy) is 1. The van der Waals surface area contributed by atoms with Crippen molar-refractivity contribution < 1.29 is 17.9 Å². The van der Waals surface area contributed by atoms with Gasteiger partial charge in [0.15, 0.2) is 0 Å². The molecule has 140 valence electrons. The van der Waals surface area contributed by atoms with Crippen LogP contribution in [0.4, 0.5) is 0 Å². The van der Waals surface area contributed by atoms with Gasteiger partial charge in [0.2, 0.25) is 15.9 Å². The maximum atomic E-state index is 12.9. The molecule has 7 heteroatoms. The first kappa shape index (κ1) is 19.7. The van der Waals surface area contributed by atoms with Crippen molar-refractivity contribution in [2.45, 2.75) is 44.9 Å². The molecule has 1 aliphatic rings. The Morgan fingerprint density at radius 1 is 1.16 bits per heavy atom. The summed E-state index contributed by atoms with van der Waals surface area (Å²) in [5.41, 5.74) is 0.803. The molecule has 0 atom stereocenters. The predicted octanol–water partition coefficient (Wildman–Crippen LogP) is 2.42. The zero-order valence-electron chi connectivity index (χ0n) is 15.3. The molecule has 0 aliphatic carbocycles. The van der Waals surface area contributed by atoms with Crippen molar-refractivity contribution in [1.82, 2.24) is 9.21 Å². The van der Waals surface area contributed by atoms with Crippen LogP contribution in [0.2, 0.25) is 0 Å². The van der Waals surface area contributed by atoms with E-state index in [2.05, 4.69) is 0 Å². The van der Waals surface area contributed by atoms with E-state index in [9.17, 15) is 13.2 Å². The SMILES string of the molecule is CCCC(=O)N1CCCN(S(=O)(=O)c2ccc(OCC)c(C)c2)CC1. The molecule has 1 aromatic rings. The van der Waals surface area contributed by atoms with E-state index in [4.69, 9.17) is 4.74 Å². The van der Waals surface area contributed by atoms with Gasteiger partial charge >= 0.3 is 0 Å². The maximum Gasteiger partial charge on any atom is 0.243 e. The summed E-state index contributed by atoms with van der Waals surface area (Å²) in [5.74, 6) is 0.812. The summed E-state index contributed by atoms with van der Waals surface area (Å²) in [5, 5.41) is 0. The van der Waals surface area contributed by atoms with E-state index in [-0.39, 0.29) is 10.8 Å². The fraction of sp³-hybridized carbons (Fsp3) is 0.611. The molecule has 1 aliphatic heterocycles. The van der Waals surface area contributed by atoms with E-state index in [1.165, 1.54) is 4.31 Å². The highest BCUT2D eigenvalue weighted by molar-refractivity contribution is 7.89. The minimum atomic E-state index is -3.56. The second-order valence-corrected chi connectivity index (χ2v) is 8.19. The zero-order valence-corrected chi connectivity index (χ0v) is 16.1. The molecule has 1 heterocycles. The van der Waals surface area contributed by atoms with Crippen LogP contribution in [0.1, 0.15) is 38.7 Å². The van der Waals surface area contributed by atoms with Crippen molar-refractivity contribution in [2.24, 2.45) is 0 Å². The minimum absolute atomic E-state index is 0.110. The van der Waals surface area contributed by atoms with Crippen LogP contribution in [0.25, 0.3) is 0 Å². The van der Waals surface area contributed by atoms with Crippen LogP contribution >= 0.6 is 0 Å². The van der Waals surface area contributed by atoms with Gasteiger partial charge in [0.05, 0.1) is 11.5 Å². The van der Waals surface area contributed by atoms with Gasteiger partial charge in [-0.05, 0) is 50.5 Å². The lowest BCUT2D eigenvalue weighted by molar-refractivity contribution is -0.131. The fourth-order valence-electron chi connectivity index (χ4n) is 3.00. The number of rotatable bonds is 6. The number of carbonyl (C=O) groups excluding carboxylic acids is 1. The molecule has 0 saturated carbocycles. The second kappa shape index (κ2) is 8.67. The van der Waals surface area contributed by atoms with Crippen LogP contribution in [-0.2, 0) is 14.8 Å². The molecule has 1 saturated heterocycles. The summed E-state index contributed by atoms with van der Waals surface area (Å²) >= 11 is 0. The third-order valence-electron chi connectivity index (χ3n) is 4.36. The highest BCUT2D eigenvalue weighted by Gasteiger charge is 2.28. The third-order valence-corrected chi connectivity index (χ3v) is 6.25. The van der Waals surface area contributed by atoms with Crippen molar-refractivity contribution in [2.75, 3.05) is 32.8 Å². The molecule has 1 aromatic carbocycles. The molecule has 0 bridgehead atoms. The van der Waals surface area contributed by atoms with E-state index >= 15 is 0 Å². The Labute approximate surface area is 150 Å². The Kier molecular flexibility index (Phi) is 6.84. The zero-order chi connectivity index (χ0) is 18.4. The van der Waals surface area contributed by atoms with Crippen molar-refractivity contribution in [3.05, 3.63) is 23.8 Å². The Morgan fingerprint density at radius 3 is 2.56 bits per heavy atom. The molecular formula is C18H28N2O4S. The van der Waals surface area contributed by atoms with Crippen molar-refractivity contribution >= 4 is 15.9 Å². The summed E-state index contributed by atoms with van der Waals surface area (Å²) in [6.45, 7) is 8.10. The average molecular weight is 368 g/mol. The van der Waals surface area contributed by atoms with Gasteiger partial charge in [0.1, 0.15) is 5.75 Å². The standard InChI is InChI=1S/C18H28N2O4S/c1-4-7-18(21)19-10-6-11-20(13-12-19)25(22,23)16-8-9-17(24-5-2)15(3)14-16/h8-9,14H,4-7,10-13H2,1-3H3. The number of hydrogen-bond acceptors (Lipinski definition) is 4. The van der Waals surface area contributed by atoms with Gasteiger partial charge < -0.3 is 9.64 Å².